The third-order valence-electron chi connectivity index (χ3n) is 3.89. The molecule has 1 saturated heterocycles. The van der Waals surface area contributed by atoms with Crippen molar-refractivity contribution in [2.45, 2.75) is 45.3 Å². The summed E-state index contributed by atoms with van der Waals surface area (Å²) in [5.74, 6) is 6.16. The Morgan fingerprint density at radius 3 is 2.89 bits per heavy atom. The Morgan fingerprint density at radius 1 is 1.56 bits per heavy atom. The topological polar surface area (TPSA) is 60.2 Å². The highest BCUT2D eigenvalue weighted by molar-refractivity contribution is 5.15. The van der Waals surface area contributed by atoms with Crippen LogP contribution in [0.3, 0.4) is 0 Å². The van der Waals surface area contributed by atoms with Crippen molar-refractivity contribution in [3.05, 3.63) is 29.6 Å². The number of hydrogen-bond acceptors (Lipinski definition) is 4. The fraction of sp³-hybridized carbons (Fsp3) is 0.643. The monoisotopic (exact) mass is 249 g/mol. The molecule has 0 aliphatic carbocycles. The Balaban J connectivity index is 2.00. The van der Waals surface area contributed by atoms with E-state index in [-0.39, 0.29) is 12.1 Å². The smallest absolute Gasteiger partial charge is 0.0591 e. The summed E-state index contributed by atoms with van der Waals surface area (Å²) in [6, 6.07) is 4.48. The van der Waals surface area contributed by atoms with Crippen LogP contribution < -0.4 is 11.3 Å². The number of pyridine rings is 1. The number of nitrogens with two attached hydrogens (primary N) is 1. The Labute approximate surface area is 109 Å². The van der Waals surface area contributed by atoms with Crippen LogP contribution in [0, 0.1) is 5.92 Å². The molecule has 0 saturated carbocycles. The number of rotatable bonds is 5. The lowest BCUT2D eigenvalue weighted by atomic mass is 9.90. The summed E-state index contributed by atoms with van der Waals surface area (Å²) >= 11 is 0. The molecule has 3 unspecified atom stereocenters. The summed E-state index contributed by atoms with van der Waals surface area (Å²) in [5, 5.41) is 0. The normalized spacial score (nSPS) is 25.3. The van der Waals surface area contributed by atoms with Crippen molar-refractivity contribution in [3.63, 3.8) is 0 Å². The zero-order chi connectivity index (χ0) is 13.0. The fourth-order valence-electron chi connectivity index (χ4n) is 2.62. The number of aryl methyl sites for hydroxylation is 1. The Hall–Kier alpha value is -0.970. The lowest BCUT2D eigenvalue weighted by Gasteiger charge is -2.24. The Bertz CT molecular complexity index is 366. The molecule has 2 rings (SSSR count). The van der Waals surface area contributed by atoms with E-state index in [0.29, 0.717) is 5.92 Å². The predicted molar refractivity (Wildman–Crippen MR) is 72.0 cm³/mol. The van der Waals surface area contributed by atoms with Crippen molar-refractivity contribution in [1.29, 1.82) is 0 Å². The number of ether oxygens (including phenoxy) is 1. The highest BCUT2D eigenvalue weighted by Gasteiger charge is 2.31. The van der Waals surface area contributed by atoms with Crippen LogP contribution in [-0.4, -0.2) is 23.7 Å². The van der Waals surface area contributed by atoms with Gasteiger partial charge in [0.15, 0.2) is 0 Å². The zero-order valence-electron chi connectivity index (χ0n) is 11.2. The molecule has 1 aliphatic heterocycles. The van der Waals surface area contributed by atoms with Gasteiger partial charge >= 0.3 is 0 Å². The average Bonchev–Trinajstić information content (AvgIpc) is 2.83. The minimum absolute atomic E-state index is 0.238. The van der Waals surface area contributed by atoms with Crippen LogP contribution in [0.5, 0.6) is 0 Å². The summed E-state index contributed by atoms with van der Waals surface area (Å²) in [4.78, 5) is 4.50. The van der Waals surface area contributed by atoms with Gasteiger partial charge in [0, 0.05) is 36.9 Å². The average molecular weight is 249 g/mol. The molecule has 0 amide bonds. The number of aromatic nitrogens is 1. The summed E-state index contributed by atoms with van der Waals surface area (Å²) < 4.78 is 5.61. The second-order valence-electron chi connectivity index (χ2n) is 5.02. The van der Waals surface area contributed by atoms with E-state index < -0.39 is 0 Å². The van der Waals surface area contributed by atoms with E-state index >= 15 is 0 Å². The van der Waals surface area contributed by atoms with Crippen molar-refractivity contribution in [2.24, 2.45) is 11.8 Å². The minimum atomic E-state index is 0.238. The SMILES string of the molecule is CCc1ccc(CC(NN)C2CCOC2C)nc1. The van der Waals surface area contributed by atoms with Gasteiger partial charge in [-0.15, -0.1) is 0 Å². The maximum absolute atomic E-state index is 5.69. The molecule has 100 valence electrons. The van der Waals surface area contributed by atoms with Gasteiger partial charge in [-0.2, -0.15) is 0 Å². The molecular formula is C14H23N3O. The van der Waals surface area contributed by atoms with Crippen molar-refractivity contribution < 1.29 is 4.74 Å². The molecule has 1 fully saturated rings. The molecular weight excluding hydrogens is 226 g/mol. The second-order valence-corrected chi connectivity index (χ2v) is 5.02. The standard InChI is InChI=1S/C14H23N3O/c1-3-11-4-5-12(16-9-11)8-14(17-15)13-6-7-18-10(13)2/h4-5,9-10,13-14,17H,3,6-8,15H2,1-2H3. The van der Waals surface area contributed by atoms with E-state index in [9.17, 15) is 0 Å². The van der Waals surface area contributed by atoms with Gasteiger partial charge in [0.1, 0.15) is 0 Å². The third kappa shape index (κ3) is 3.07. The Morgan fingerprint density at radius 2 is 2.39 bits per heavy atom. The molecule has 4 heteroatoms. The van der Waals surface area contributed by atoms with Gasteiger partial charge in [0.25, 0.3) is 0 Å². The van der Waals surface area contributed by atoms with Gasteiger partial charge in [0.2, 0.25) is 0 Å². The number of nitrogens with one attached hydrogen (secondary N) is 1. The molecule has 1 aromatic rings. The molecule has 1 aliphatic rings. The van der Waals surface area contributed by atoms with Crippen LogP contribution in [0.2, 0.25) is 0 Å². The van der Waals surface area contributed by atoms with Gasteiger partial charge in [0.05, 0.1) is 6.10 Å². The molecule has 3 N–H and O–H groups in total. The first-order valence-electron chi connectivity index (χ1n) is 6.76. The zero-order valence-corrected chi connectivity index (χ0v) is 11.2. The van der Waals surface area contributed by atoms with E-state index in [4.69, 9.17) is 10.6 Å². The highest BCUT2D eigenvalue weighted by atomic mass is 16.5. The summed E-state index contributed by atoms with van der Waals surface area (Å²) in [6.45, 7) is 5.10. The summed E-state index contributed by atoms with van der Waals surface area (Å²) in [6.07, 6.45) is 5.19. The van der Waals surface area contributed by atoms with Crippen molar-refractivity contribution in [3.8, 4) is 0 Å². The van der Waals surface area contributed by atoms with E-state index in [1.807, 2.05) is 6.20 Å². The Kier molecular flexibility index (Phi) is 4.69. The van der Waals surface area contributed by atoms with Crippen LogP contribution in [-0.2, 0) is 17.6 Å². The molecule has 0 aromatic carbocycles. The largest absolute Gasteiger partial charge is 0.378 e. The number of hydrazine groups is 1. The number of hydrogen-bond donors (Lipinski definition) is 2. The maximum atomic E-state index is 5.69. The van der Waals surface area contributed by atoms with Crippen LogP contribution in [0.1, 0.15) is 31.5 Å². The first kappa shape index (κ1) is 13.5. The van der Waals surface area contributed by atoms with Crippen molar-refractivity contribution in [2.75, 3.05) is 6.61 Å². The lowest BCUT2D eigenvalue weighted by molar-refractivity contribution is 0.0953. The lowest BCUT2D eigenvalue weighted by Crippen LogP contribution is -2.44. The molecule has 18 heavy (non-hydrogen) atoms. The van der Waals surface area contributed by atoms with Crippen LogP contribution in [0.25, 0.3) is 0 Å². The quantitative estimate of drug-likeness (QED) is 0.612. The van der Waals surface area contributed by atoms with E-state index in [1.165, 1.54) is 5.56 Å². The van der Waals surface area contributed by atoms with Crippen molar-refractivity contribution >= 4 is 0 Å². The molecule has 3 atom stereocenters. The van der Waals surface area contributed by atoms with E-state index in [2.05, 4.69) is 36.4 Å². The summed E-state index contributed by atoms with van der Waals surface area (Å²) in [5.41, 5.74) is 5.30. The molecule has 4 nitrogen and oxygen atoms in total. The van der Waals surface area contributed by atoms with Crippen LogP contribution in [0.15, 0.2) is 18.3 Å². The molecule has 0 bridgehead atoms. The molecule has 2 heterocycles. The van der Waals surface area contributed by atoms with E-state index in [0.717, 1.165) is 31.6 Å². The van der Waals surface area contributed by atoms with Gasteiger partial charge < -0.3 is 4.74 Å². The first-order valence-corrected chi connectivity index (χ1v) is 6.76. The third-order valence-corrected chi connectivity index (χ3v) is 3.89. The van der Waals surface area contributed by atoms with Gasteiger partial charge in [-0.1, -0.05) is 13.0 Å². The summed E-state index contributed by atoms with van der Waals surface area (Å²) in [7, 11) is 0. The van der Waals surface area contributed by atoms with Gasteiger partial charge in [-0.25, -0.2) is 0 Å². The van der Waals surface area contributed by atoms with E-state index in [1.54, 1.807) is 0 Å². The molecule has 0 radical (unpaired) electrons. The number of nitrogens with zero attached hydrogens (tertiary/aromatic N) is 1. The molecule has 1 aromatic heterocycles. The fourth-order valence-corrected chi connectivity index (χ4v) is 2.62. The minimum Gasteiger partial charge on any atom is -0.378 e. The van der Waals surface area contributed by atoms with Crippen molar-refractivity contribution in [1.82, 2.24) is 10.4 Å². The molecule has 0 spiro atoms. The van der Waals surface area contributed by atoms with Crippen LogP contribution >= 0.6 is 0 Å². The van der Waals surface area contributed by atoms with Gasteiger partial charge in [-0.3, -0.25) is 16.3 Å². The first-order chi connectivity index (χ1) is 8.74. The van der Waals surface area contributed by atoms with Crippen LogP contribution in [0.4, 0.5) is 0 Å². The highest BCUT2D eigenvalue weighted by Crippen LogP contribution is 2.25. The predicted octanol–water partition coefficient (Wildman–Crippen LogP) is 1.44. The second kappa shape index (κ2) is 6.27. The van der Waals surface area contributed by atoms with Gasteiger partial charge in [-0.05, 0) is 31.4 Å². The maximum Gasteiger partial charge on any atom is 0.0591 e.